The van der Waals surface area contributed by atoms with Gasteiger partial charge in [0, 0.05) is 17.6 Å². The molecule has 0 saturated heterocycles. The fourth-order valence-electron chi connectivity index (χ4n) is 2.14. The largest absolute Gasteiger partial charge is 0.383 e. The Morgan fingerprint density at radius 1 is 1.00 bits per heavy atom. The Kier molecular flexibility index (Phi) is 6.02. The molecule has 5 nitrogen and oxygen atoms in total. The van der Waals surface area contributed by atoms with Crippen molar-refractivity contribution in [3.63, 3.8) is 0 Å². The van der Waals surface area contributed by atoms with Gasteiger partial charge < -0.3 is 16.4 Å². The van der Waals surface area contributed by atoms with Crippen molar-refractivity contribution < 1.29 is 22.8 Å². The van der Waals surface area contributed by atoms with E-state index in [9.17, 15) is 22.8 Å². The Labute approximate surface area is 149 Å². The van der Waals surface area contributed by atoms with Gasteiger partial charge in [-0.2, -0.15) is 0 Å². The highest BCUT2D eigenvalue weighted by Crippen LogP contribution is 2.24. The van der Waals surface area contributed by atoms with Crippen LogP contribution in [0.4, 0.5) is 18.9 Å². The maximum atomic E-state index is 13.8. The lowest BCUT2D eigenvalue weighted by Crippen LogP contribution is -2.30. The summed E-state index contributed by atoms with van der Waals surface area (Å²) in [6.07, 6.45) is 0. The normalized spacial score (nSPS) is 10.4. The molecule has 2 rings (SSSR count). The van der Waals surface area contributed by atoms with E-state index in [1.54, 1.807) is 0 Å². The van der Waals surface area contributed by atoms with E-state index >= 15 is 0 Å². The molecular formula is C16H13BrF3N3O2. The number of carbonyl (C=O) groups is 2. The summed E-state index contributed by atoms with van der Waals surface area (Å²) in [5, 5.41) is 5.06. The van der Waals surface area contributed by atoms with E-state index in [-0.39, 0.29) is 24.3 Å². The summed E-state index contributed by atoms with van der Waals surface area (Å²) in [6.45, 7) is 0.0386. The van der Waals surface area contributed by atoms with E-state index in [0.29, 0.717) is 4.47 Å². The van der Waals surface area contributed by atoms with Crippen LogP contribution in [0.25, 0.3) is 0 Å². The van der Waals surface area contributed by atoms with Gasteiger partial charge in [-0.25, -0.2) is 13.2 Å². The standard InChI is InChI=1S/C16H13BrF3N3O2/c17-8-6-11(20)14(15(21)24)12(7-8)22-4-5-23-16(25)13-9(18)2-1-3-10(13)19/h1-3,6-7,22H,4-5H2,(H2,21,24)(H,23,25). The van der Waals surface area contributed by atoms with Crippen molar-refractivity contribution >= 4 is 33.4 Å². The van der Waals surface area contributed by atoms with Gasteiger partial charge in [0.25, 0.3) is 11.8 Å². The van der Waals surface area contributed by atoms with Gasteiger partial charge in [0.15, 0.2) is 0 Å². The van der Waals surface area contributed by atoms with Crippen LogP contribution in [0.2, 0.25) is 0 Å². The van der Waals surface area contributed by atoms with Crippen molar-refractivity contribution in [1.29, 1.82) is 0 Å². The quantitative estimate of drug-likeness (QED) is 0.634. The van der Waals surface area contributed by atoms with Gasteiger partial charge in [-0.15, -0.1) is 0 Å². The number of primary amides is 1. The van der Waals surface area contributed by atoms with Crippen LogP contribution < -0.4 is 16.4 Å². The minimum atomic E-state index is -0.976. The highest BCUT2D eigenvalue weighted by atomic mass is 79.9. The average Bonchev–Trinajstić information content (AvgIpc) is 2.50. The zero-order chi connectivity index (χ0) is 18.6. The van der Waals surface area contributed by atoms with E-state index in [1.165, 1.54) is 6.07 Å². The predicted octanol–water partition coefficient (Wildman–Crippen LogP) is 2.81. The molecule has 0 radical (unpaired) electrons. The number of benzene rings is 2. The zero-order valence-corrected chi connectivity index (χ0v) is 14.3. The fraction of sp³-hybridized carbons (Fsp3) is 0.125. The average molecular weight is 416 g/mol. The highest BCUT2D eigenvalue weighted by Gasteiger charge is 2.17. The molecule has 0 aliphatic carbocycles. The number of nitrogens with two attached hydrogens (primary N) is 1. The Balaban J connectivity index is 2.00. The molecule has 0 aliphatic rings. The monoisotopic (exact) mass is 415 g/mol. The molecule has 0 aliphatic heterocycles. The van der Waals surface area contributed by atoms with E-state index < -0.39 is 34.8 Å². The van der Waals surface area contributed by atoms with Crippen molar-refractivity contribution in [2.24, 2.45) is 5.73 Å². The number of hydrogen-bond acceptors (Lipinski definition) is 3. The molecule has 2 amide bonds. The summed E-state index contributed by atoms with van der Waals surface area (Å²) in [4.78, 5) is 23.1. The van der Waals surface area contributed by atoms with Gasteiger partial charge in [-0.05, 0) is 24.3 Å². The minimum absolute atomic E-state index is 0.0288. The maximum absolute atomic E-state index is 13.8. The molecular weight excluding hydrogens is 403 g/mol. The molecule has 0 atom stereocenters. The van der Waals surface area contributed by atoms with Gasteiger partial charge in [0.2, 0.25) is 0 Å². The predicted molar refractivity (Wildman–Crippen MR) is 89.8 cm³/mol. The smallest absolute Gasteiger partial charge is 0.257 e. The van der Waals surface area contributed by atoms with E-state index in [2.05, 4.69) is 26.6 Å². The first kappa shape index (κ1) is 18.8. The van der Waals surface area contributed by atoms with E-state index in [0.717, 1.165) is 24.3 Å². The third-order valence-corrected chi connectivity index (χ3v) is 3.68. The van der Waals surface area contributed by atoms with Crippen molar-refractivity contribution in [1.82, 2.24) is 5.32 Å². The molecule has 0 spiro atoms. The van der Waals surface area contributed by atoms with Gasteiger partial charge in [-0.1, -0.05) is 22.0 Å². The Bertz CT molecular complexity index is 810. The second-order valence-electron chi connectivity index (χ2n) is 4.95. The first-order valence-corrected chi connectivity index (χ1v) is 7.85. The summed E-state index contributed by atoms with van der Waals surface area (Å²) >= 11 is 3.09. The van der Waals surface area contributed by atoms with Crippen LogP contribution in [0.3, 0.4) is 0 Å². The second kappa shape index (κ2) is 8.02. The molecule has 2 aromatic rings. The molecule has 0 bridgehead atoms. The Hall–Kier alpha value is -2.55. The van der Waals surface area contributed by atoms with Crippen molar-refractivity contribution in [2.45, 2.75) is 0 Å². The Morgan fingerprint density at radius 2 is 1.64 bits per heavy atom. The van der Waals surface area contributed by atoms with Crippen LogP contribution in [-0.4, -0.2) is 24.9 Å². The van der Waals surface area contributed by atoms with Crippen LogP contribution in [-0.2, 0) is 0 Å². The lowest BCUT2D eigenvalue weighted by Gasteiger charge is -2.12. The Morgan fingerprint density at radius 3 is 2.24 bits per heavy atom. The number of carbonyl (C=O) groups excluding carboxylic acids is 2. The van der Waals surface area contributed by atoms with Gasteiger partial charge in [0.05, 0.1) is 11.3 Å². The first-order valence-electron chi connectivity index (χ1n) is 7.06. The maximum Gasteiger partial charge on any atom is 0.257 e. The van der Waals surface area contributed by atoms with Crippen LogP contribution in [0.1, 0.15) is 20.7 Å². The third kappa shape index (κ3) is 4.50. The summed E-state index contributed by atoms with van der Waals surface area (Å²) in [6, 6.07) is 5.63. The number of nitrogens with one attached hydrogen (secondary N) is 2. The molecule has 0 heterocycles. The third-order valence-electron chi connectivity index (χ3n) is 3.22. The van der Waals surface area contributed by atoms with Crippen molar-refractivity contribution in [2.75, 3.05) is 18.4 Å². The molecule has 25 heavy (non-hydrogen) atoms. The SMILES string of the molecule is NC(=O)c1c(F)cc(Br)cc1NCCNC(=O)c1c(F)cccc1F. The second-order valence-corrected chi connectivity index (χ2v) is 5.87. The number of anilines is 1. The molecule has 2 aromatic carbocycles. The number of rotatable bonds is 6. The molecule has 9 heteroatoms. The van der Waals surface area contributed by atoms with E-state index in [1.807, 2.05) is 0 Å². The molecule has 132 valence electrons. The minimum Gasteiger partial charge on any atom is -0.383 e. The summed E-state index contributed by atoms with van der Waals surface area (Å²) in [5.41, 5.74) is 4.26. The molecule has 0 aromatic heterocycles. The molecule has 0 unspecified atom stereocenters. The van der Waals surface area contributed by atoms with Crippen LogP contribution >= 0.6 is 15.9 Å². The number of amides is 2. The van der Waals surface area contributed by atoms with Gasteiger partial charge in [-0.3, -0.25) is 9.59 Å². The topological polar surface area (TPSA) is 84.2 Å². The number of halogens is 4. The lowest BCUT2D eigenvalue weighted by atomic mass is 10.1. The highest BCUT2D eigenvalue weighted by molar-refractivity contribution is 9.10. The fourth-order valence-corrected chi connectivity index (χ4v) is 2.57. The first-order chi connectivity index (χ1) is 11.8. The van der Waals surface area contributed by atoms with Crippen molar-refractivity contribution in [3.05, 3.63) is 63.4 Å². The van der Waals surface area contributed by atoms with Gasteiger partial charge >= 0.3 is 0 Å². The zero-order valence-electron chi connectivity index (χ0n) is 12.7. The van der Waals surface area contributed by atoms with E-state index in [4.69, 9.17) is 5.73 Å². The molecule has 0 saturated carbocycles. The summed E-state index contributed by atoms with van der Waals surface area (Å²) in [5.74, 6) is -4.63. The lowest BCUT2D eigenvalue weighted by molar-refractivity contribution is 0.0945. The molecule has 4 N–H and O–H groups in total. The van der Waals surface area contributed by atoms with Gasteiger partial charge in [0.1, 0.15) is 23.0 Å². The summed E-state index contributed by atoms with van der Waals surface area (Å²) < 4.78 is 41.2. The summed E-state index contributed by atoms with van der Waals surface area (Å²) in [7, 11) is 0. The van der Waals surface area contributed by atoms with Crippen LogP contribution in [0.5, 0.6) is 0 Å². The van der Waals surface area contributed by atoms with Crippen LogP contribution in [0.15, 0.2) is 34.8 Å². The molecule has 0 fully saturated rings. The van der Waals surface area contributed by atoms with Crippen molar-refractivity contribution in [3.8, 4) is 0 Å². The number of hydrogen-bond donors (Lipinski definition) is 3. The van der Waals surface area contributed by atoms with Crippen LogP contribution in [0, 0.1) is 17.5 Å².